The van der Waals surface area contributed by atoms with E-state index in [4.69, 9.17) is 0 Å². The second-order valence-electron chi connectivity index (χ2n) is 6.61. The molecule has 3 rings (SSSR count). The van der Waals surface area contributed by atoms with E-state index in [9.17, 15) is 19.6 Å². The van der Waals surface area contributed by atoms with E-state index in [2.05, 4.69) is 21.6 Å². The predicted molar refractivity (Wildman–Crippen MR) is 99.8 cm³/mol. The Labute approximate surface area is 161 Å². The molecule has 1 fully saturated rings. The topological polar surface area (TPSA) is 122 Å². The molecular formula is C19H20N6O3. The lowest BCUT2D eigenvalue weighted by Crippen LogP contribution is -2.43. The third-order valence-electron chi connectivity index (χ3n) is 4.63. The molecule has 1 aromatic heterocycles. The fourth-order valence-electron chi connectivity index (χ4n) is 3.14. The number of likely N-dealkylation sites (N-methyl/N-ethyl adjacent to an activating group) is 1. The van der Waals surface area contributed by atoms with Crippen molar-refractivity contribution in [1.29, 1.82) is 5.26 Å². The number of aromatic nitrogens is 2. The molecule has 2 N–H and O–H groups in total. The number of hydrogen-bond donors (Lipinski definition) is 2. The van der Waals surface area contributed by atoms with Crippen LogP contribution in [-0.4, -0.2) is 63.9 Å². The number of benzene rings is 1. The van der Waals surface area contributed by atoms with Crippen LogP contribution in [0.25, 0.3) is 0 Å². The molecule has 28 heavy (non-hydrogen) atoms. The molecule has 1 aliphatic rings. The van der Waals surface area contributed by atoms with E-state index < -0.39 is 12.0 Å². The standard InChI is InChI=1S/C19H20N6O3/c1-24(19(28)16-7-8-21-23-16)12-17(26)25-11-13(9-15(25)10-20)18(27)22-14-5-3-2-4-6-14/h2-8,13,15H,9,11-12H2,1H3,(H,21,23)(H,22,27). The van der Waals surface area contributed by atoms with Crippen LogP contribution in [-0.2, 0) is 9.59 Å². The molecule has 1 aromatic carbocycles. The summed E-state index contributed by atoms with van der Waals surface area (Å²) in [4.78, 5) is 40.0. The van der Waals surface area contributed by atoms with Gasteiger partial charge in [0.25, 0.3) is 5.91 Å². The maximum absolute atomic E-state index is 12.6. The number of rotatable bonds is 5. The van der Waals surface area contributed by atoms with Gasteiger partial charge in [-0.15, -0.1) is 0 Å². The van der Waals surface area contributed by atoms with E-state index in [1.165, 1.54) is 29.1 Å². The molecule has 1 aliphatic heterocycles. The molecule has 1 saturated heterocycles. The second kappa shape index (κ2) is 8.35. The highest BCUT2D eigenvalue weighted by Gasteiger charge is 2.39. The molecular weight excluding hydrogens is 360 g/mol. The molecule has 0 saturated carbocycles. The normalized spacial score (nSPS) is 18.4. The Morgan fingerprint density at radius 3 is 2.71 bits per heavy atom. The minimum atomic E-state index is -0.699. The summed E-state index contributed by atoms with van der Waals surface area (Å²) >= 11 is 0. The van der Waals surface area contributed by atoms with Gasteiger partial charge in [0.2, 0.25) is 11.8 Å². The first-order chi connectivity index (χ1) is 13.5. The van der Waals surface area contributed by atoms with Crippen molar-refractivity contribution in [1.82, 2.24) is 20.0 Å². The fraction of sp³-hybridized carbons (Fsp3) is 0.316. The maximum Gasteiger partial charge on any atom is 0.272 e. The van der Waals surface area contributed by atoms with E-state index in [-0.39, 0.29) is 42.9 Å². The molecule has 9 heteroatoms. The highest BCUT2D eigenvalue weighted by atomic mass is 16.2. The van der Waals surface area contributed by atoms with Crippen LogP contribution >= 0.6 is 0 Å². The zero-order chi connectivity index (χ0) is 20.1. The number of carbonyl (C=O) groups is 3. The minimum Gasteiger partial charge on any atom is -0.331 e. The van der Waals surface area contributed by atoms with Crippen LogP contribution < -0.4 is 5.32 Å². The van der Waals surface area contributed by atoms with Gasteiger partial charge in [0.1, 0.15) is 11.7 Å². The van der Waals surface area contributed by atoms with Gasteiger partial charge < -0.3 is 15.1 Å². The number of aromatic amines is 1. The molecule has 144 valence electrons. The van der Waals surface area contributed by atoms with Crippen molar-refractivity contribution in [2.75, 3.05) is 25.5 Å². The smallest absolute Gasteiger partial charge is 0.272 e. The highest BCUT2D eigenvalue weighted by Crippen LogP contribution is 2.24. The molecule has 0 radical (unpaired) electrons. The number of para-hydroxylation sites is 1. The van der Waals surface area contributed by atoms with Crippen LogP contribution in [0.15, 0.2) is 42.6 Å². The molecule has 9 nitrogen and oxygen atoms in total. The van der Waals surface area contributed by atoms with Gasteiger partial charge in [0.15, 0.2) is 0 Å². The summed E-state index contributed by atoms with van der Waals surface area (Å²) in [5.41, 5.74) is 0.935. The lowest BCUT2D eigenvalue weighted by molar-refractivity contribution is -0.131. The van der Waals surface area contributed by atoms with Crippen LogP contribution in [0, 0.1) is 17.2 Å². The average molecular weight is 380 g/mol. The number of nitriles is 1. The SMILES string of the molecule is CN(CC(=O)N1CC(C(=O)Nc2ccccc2)CC1C#N)C(=O)c1ccn[nH]1. The van der Waals surface area contributed by atoms with Gasteiger partial charge in [-0.05, 0) is 24.6 Å². The zero-order valence-electron chi connectivity index (χ0n) is 15.3. The molecule has 2 aromatic rings. The maximum atomic E-state index is 12.6. The highest BCUT2D eigenvalue weighted by molar-refractivity contribution is 5.96. The van der Waals surface area contributed by atoms with Crippen LogP contribution in [0.4, 0.5) is 5.69 Å². The van der Waals surface area contributed by atoms with E-state index in [0.29, 0.717) is 5.69 Å². The van der Waals surface area contributed by atoms with Crippen LogP contribution in [0.1, 0.15) is 16.9 Å². The quantitative estimate of drug-likeness (QED) is 0.797. The Balaban J connectivity index is 1.61. The fourth-order valence-corrected chi connectivity index (χ4v) is 3.14. The van der Waals surface area contributed by atoms with Gasteiger partial charge in [-0.1, -0.05) is 18.2 Å². The molecule has 0 aliphatic carbocycles. The first-order valence-corrected chi connectivity index (χ1v) is 8.79. The molecule has 2 unspecified atom stereocenters. The first kappa shape index (κ1) is 19.1. The summed E-state index contributed by atoms with van der Waals surface area (Å²) in [5, 5.41) is 18.5. The number of H-pyrrole nitrogens is 1. The summed E-state index contributed by atoms with van der Waals surface area (Å²) in [7, 11) is 1.50. The number of anilines is 1. The number of carbonyl (C=O) groups excluding carboxylic acids is 3. The average Bonchev–Trinajstić information content (AvgIpc) is 3.38. The van der Waals surface area contributed by atoms with Crippen molar-refractivity contribution in [3.63, 3.8) is 0 Å². The monoisotopic (exact) mass is 380 g/mol. The lowest BCUT2D eigenvalue weighted by atomic mass is 10.1. The van der Waals surface area contributed by atoms with E-state index in [1.807, 2.05) is 18.2 Å². The largest absolute Gasteiger partial charge is 0.331 e. The Morgan fingerprint density at radius 1 is 1.32 bits per heavy atom. The lowest BCUT2D eigenvalue weighted by Gasteiger charge is -2.23. The molecule has 2 atom stereocenters. The van der Waals surface area contributed by atoms with E-state index >= 15 is 0 Å². The number of likely N-dealkylation sites (tertiary alicyclic amines) is 1. The summed E-state index contributed by atoms with van der Waals surface area (Å²) < 4.78 is 0. The van der Waals surface area contributed by atoms with Crippen molar-refractivity contribution >= 4 is 23.4 Å². The third-order valence-corrected chi connectivity index (χ3v) is 4.63. The number of nitrogens with zero attached hydrogens (tertiary/aromatic N) is 4. The third kappa shape index (κ3) is 4.17. The Bertz CT molecular complexity index is 890. The van der Waals surface area contributed by atoms with Crippen LogP contribution in [0.3, 0.4) is 0 Å². The van der Waals surface area contributed by atoms with Crippen LogP contribution in [0.2, 0.25) is 0 Å². The van der Waals surface area contributed by atoms with Crippen molar-refractivity contribution in [3.05, 3.63) is 48.3 Å². The van der Waals surface area contributed by atoms with Gasteiger partial charge in [0.05, 0.1) is 18.5 Å². The summed E-state index contributed by atoms with van der Waals surface area (Å²) in [5.74, 6) is -1.47. The zero-order valence-corrected chi connectivity index (χ0v) is 15.3. The van der Waals surface area contributed by atoms with Gasteiger partial charge in [0, 0.05) is 25.5 Å². The predicted octanol–water partition coefficient (Wildman–Crippen LogP) is 0.861. The summed E-state index contributed by atoms with van der Waals surface area (Å²) in [6, 6.07) is 11.9. The minimum absolute atomic E-state index is 0.141. The van der Waals surface area contributed by atoms with Crippen molar-refractivity contribution < 1.29 is 14.4 Å². The Kier molecular flexibility index (Phi) is 5.69. The molecule has 2 heterocycles. The molecule has 0 spiro atoms. The van der Waals surface area contributed by atoms with Gasteiger partial charge in [-0.25, -0.2) is 0 Å². The number of hydrogen-bond acceptors (Lipinski definition) is 5. The van der Waals surface area contributed by atoms with Crippen molar-refractivity contribution in [2.24, 2.45) is 5.92 Å². The number of nitrogens with one attached hydrogen (secondary N) is 2. The van der Waals surface area contributed by atoms with Gasteiger partial charge >= 0.3 is 0 Å². The van der Waals surface area contributed by atoms with Crippen LogP contribution in [0.5, 0.6) is 0 Å². The van der Waals surface area contributed by atoms with Crippen molar-refractivity contribution in [2.45, 2.75) is 12.5 Å². The first-order valence-electron chi connectivity index (χ1n) is 8.79. The van der Waals surface area contributed by atoms with Gasteiger partial charge in [-0.3, -0.25) is 19.5 Å². The van der Waals surface area contributed by atoms with E-state index in [1.54, 1.807) is 12.1 Å². The summed E-state index contributed by atoms with van der Waals surface area (Å²) in [6.45, 7) is -0.0507. The van der Waals surface area contributed by atoms with E-state index in [0.717, 1.165) is 0 Å². The Morgan fingerprint density at radius 2 is 2.07 bits per heavy atom. The second-order valence-corrected chi connectivity index (χ2v) is 6.61. The summed E-state index contributed by atoms with van der Waals surface area (Å²) in [6.07, 6.45) is 1.71. The Hall–Kier alpha value is -3.67. The molecule has 0 bridgehead atoms. The van der Waals surface area contributed by atoms with Crippen molar-refractivity contribution in [3.8, 4) is 6.07 Å². The van der Waals surface area contributed by atoms with Gasteiger partial charge in [-0.2, -0.15) is 10.4 Å². The molecule has 3 amide bonds. The number of amides is 3.